The molecule has 0 aromatic carbocycles. The van der Waals surface area contributed by atoms with Crippen molar-refractivity contribution in [3.8, 4) is 0 Å². The number of ether oxygens (including phenoxy) is 1. The summed E-state index contributed by atoms with van der Waals surface area (Å²) in [4.78, 5) is 13.4. The van der Waals surface area contributed by atoms with Crippen LogP contribution in [0.1, 0.15) is 87.0 Å². The van der Waals surface area contributed by atoms with Crippen LogP contribution in [0, 0.1) is 23.2 Å². The molecule has 0 aromatic heterocycles. The molecule has 1 fully saturated rings. The lowest BCUT2D eigenvalue weighted by molar-refractivity contribution is -0.165. The maximum Gasteiger partial charge on any atom is 0.312 e. The van der Waals surface area contributed by atoms with Gasteiger partial charge >= 0.3 is 5.97 Å². The van der Waals surface area contributed by atoms with E-state index in [0.717, 1.165) is 19.3 Å². The first-order valence-electron chi connectivity index (χ1n) is 11.9. The van der Waals surface area contributed by atoms with Crippen LogP contribution in [0.15, 0.2) is 11.6 Å². The van der Waals surface area contributed by atoms with E-state index in [9.17, 15) is 4.79 Å². The Morgan fingerprint density at radius 1 is 1.24 bits per heavy atom. The summed E-state index contributed by atoms with van der Waals surface area (Å²) in [7, 11) is -1.85. The monoisotopic (exact) mass is 422 g/mol. The SMILES string of the molecule is CCOC(=O)[C@]1(C)[C@H](C[C@@H](CC)O[Si](C)(C)C(C)(C)C)C(C)=C[C@@H]2CCCC[C@H]21. The van der Waals surface area contributed by atoms with Crippen LogP contribution in [-0.2, 0) is 14.0 Å². The molecular formula is C25H46O3Si. The van der Waals surface area contributed by atoms with Gasteiger partial charge in [-0.25, -0.2) is 0 Å². The van der Waals surface area contributed by atoms with Gasteiger partial charge in [0.05, 0.1) is 12.0 Å². The van der Waals surface area contributed by atoms with E-state index in [1.54, 1.807) is 0 Å². The molecule has 1 saturated carbocycles. The van der Waals surface area contributed by atoms with Gasteiger partial charge in [0.1, 0.15) is 0 Å². The first-order chi connectivity index (χ1) is 13.4. The smallest absolute Gasteiger partial charge is 0.312 e. The summed E-state index contributed by atoms with van der Waals surface area (Å²) in [6, 6.07) is 0. The van der Waals surface area contributed by atoms with Gasteiger partial charge < -0.3 is 9.16 Å². The molecule has 2 aliphatic carbocycles. The molecule has 3 nitrogen and oxygen atoms in total. The Kier molecular flexibility index (Phi) is 7.87. The highest BCUT2D eigenvalue weighted by Crippen LogP contribution is 2.55. The Morgan fingerprint density at radius 3 is 2.41 bits per heavy atom. The Labute approximate surface area is 181 Å². The molecule has 0 heterocycles. The second-order valence-corrected chi connectivity index (χ2v) is 15.9. The Balaban J connectivity index is 2.36. The van der Waals surface area contributed by atoms with Gasteiger partial charge in [0.15, 0.2) is 8.32 Å². The third-order valence-electron chi connectivity index (χ3n) is 8.28. The first kappa shape index (κ1) is 24.7. The average Bonchev–Trinajstić information content (AvgIpc) is 2.63. The predicted molar refractivity (Wildman–Crippen MR) is 124 cm³/mol. The van der Waals surface area contributed by atoms with E-state index in [-0.39, 0.29) is 23.0 Å². The summed E-state index contributed by atoms with van der Waals surface area (Å²) in [5.74, 6) is 1.14. The molecule has 0 aliphatic heterocycles. The van der Waals surface area contributed by atoms with E-state index in [0.29, 0.717) is 18.4 Å². The molecule has 0 unspecified atom stereocenters. The Hall–Kier alpha value is -0.613. The Bertz CT molecular complexity index is 604. The maximum atomic E-state index is 13.4. The molecule has 0 radical (unpaired) electrons. The minimum absolute atomic E-state index is 0.0107. The average molecular weight is 423 g/mol. The molecule has 5 atom stereocenters. The summed E-state index contributed by atoms with van der Waals surface area (Å²) in [6.45, 7) is 20.6. The number of allylic oxidation sites excluding steroid dienone is 2. The third kappa shape index (κ3) is 5.00. The van der Waals surface area contributed by atoms with Gasteiger partial charge in [0.25, 0.3) is 0 Å². The van der Waals surface area contributed by atoms with Crippen molar-refractivity contribution in [1.29, 1.82) is 0 Å². The minimum atomic E-state index is -1.85. The van der Waals surface area contributed by atoms with E-state index in [4.69, 9.17) is 9.16 Å². The van der Waals surface area contributed by atoms with Crippen LogP contribution in [0.25, 0.3) is 0 Å². The molecule has 0 amide bonds. The van der Waals surface area contributed by atoms with E-state index >= 15 is 0 Å². The number of carbonyl (C=O) groups excluding carboxylic acids is 1. The second-order valence-electron chi connectivity index (χ2n) is 11.2. The summed E-state index contributed by atoms with van der Waals surface area (Å²) in [5.41, 5.74) is 0.936. The van der Waals surface area contributed by atoms with Gasteiger partial charge in [-0.1, -0.05) is 52.2 Å². The van der Waals surface area contributed by atoms with Crippen LogP contribution in [0.5, 0.6) is 0 Å². The molecule has 0 bridgehead atoms. The summed E-state index contributed by atoms with van der Waals surface area (Å²) in [6.07, 6.45) is 9.45. The molecule has 29 heavy (non-hydrogen) atoms. The highest BCUT2D eigenvalue weighted by Gasteiger charge is 2.54. The van der Waals surface area contributed by atoms with Crippen molar-refractivity contribution in [2.24, 2.45) is 23.2 Å². The lowest BCUT2D eigenvalue weighted by Crippen LogP contribution is -2.52. The molecule has 0 aromatic rings. The fourth-order valence-corrected chi connectivity index (χ4v) is 6.90. The summed E-state index contributed by atoms with van der Waals surface area (Å²) >= 11 is 0. The molecule has 4 heteroatoms. The van der Waals surface area contributed by atoms with Gasteiger partial charge in [0.2, 0.25) is 0 Å². The first-order valence-corrected chi connectivity index (χ1v) is 14.8. The number of esters is 1. The number of fused-ring (bicyclic) bond motifs is 1. The fraction of sp³-hybridized carbons (Fsp3) is 0.880. The number of carbonyl (C=O) groups is 1. The van der Waals surface area contributed by atoms with Crippen molar-refractivity contribution >= 4 is 14.3 Å². The van der Waals surface area contributed by atoms with Crippen molar-refractivity contribution < 1.29 is 14.0 Å². The van der Waals surface area contributed by atoms with Crippen molar-refractivity contribution in [3.05, 3.63) is 11.6 Å². The third-order valence-corrected chi connectivity index (χ3v) is 12.8. The molecule has 2 aliphatic rings. The van der Waals surface area contributed by atoms with E-state index < -0.39 is 13.7 Å². The van der Waals surface area contributed by atoms with E-state index in [1.165, 1.54) is 24.8 Å². The van der Waals surface area contributed by atoms with Crippen LogP contribution in [0.2, 0.25) is 18.1 Å². The second kappa shape index (κ2) is 9.26. The van der Waals surface area contributed by atoms with Crippen molar-refractivity contribution in [2.45, 2.75) is 111 Å². The predicted octanol–water partition coefficient (Wildman–Crippen LogP) is 7.13. The number of hydrogen-bond acceptors (Lipinski definition) is 3. The van der Waals surface area contributed by atoms with Crippen LogP contribution < -0.4 is 0 Å². The fourth-order valence-electron chi connectivity index (χ4n) is 5.45. The molecule has 2 rings (SSSR count). The van der Waals surface area contributed by atoms with Gasteiger partial charge in [-0.2, -0.15) is 0 Å². The van der Waals surface area contributed by atoms with Gasteiger partial charge in [-0.15, -0.1) is 0 Å². The van der Waals surface area contributed by atoms with Crippen LogP contribution in [-0.4, -0.2) is 27.0 Å². The van der Waals surface area contributed by atoms with Crippen LogP contribution in [0.3, 0.4) is 0 Å². The quantitative estimate of drug-likeness (QED) is 0.249. The molecular weight excluding hydrogens is 376 g/mol. The zero-order valence-corrected chi connectivity index (χ0v) is 21.6. The maximum absolute atomic E-state index is 13.4. The number of rotatable bonds is 7. The topological polar surface area (TPSA) is 35.5 Å². The van der Waals surface area contributed by atoms with Gasteiger partial charge in [0, 0.05) is 6.10 Å². The van der Waals surface area contributed by atoms with E-state index in [1.807, 2.05) is 6.92 Å². The lowest BCUT2D eigenvalue weighted by Gasteiger charge is -2.51. The highest BCUT2D eigenvalue weighted by atomic mass is 28.4. The minimum Gasteiger partial charge on any atom is -0.466 e. The summed E-state index contributed by atoms with van der Waals surface area (Å²) < 4.78 is 12.5. The zero-order chi connectivity index (χ0) is 22.0. The van der Waals surface area contributed by atoms with Crippen molar-refractivity contribution in [1.82, 2.24) is 0 Å². The van der Waals surface area contributed by atoms with Crippen LogP contribution >= 0.6 is 0 Å². The standard InChI is InChI=1S/C25H46O3Si/c1-10-20(28-29(8,9)24(4,5)6)17-22-18(3)16-19-14-12-13-15-21(19)25(22,7)23(26)27-11-2/h16,19-22H,10-15,17H2,1-9H3/t19-,20+,21+,22+,25-/m0/s1. The molecule has 0 N–H and O–H groups in total. The van der Waals surface area contributed by atoms with Gasteiger partial charge in [-0.05, 0) is 82.3 Å². The van der Waals surface area contributed by atoms with E-state index in [2.05, 4.69) is 60.7 Å². The lowest BCUT2D eigenvalue weighted by atomic mass is 9.53. The Morgan fingerprint density at radius 2 is 1.86 bits per heavy atom. The molecule has 0 saturated heterocycles. The van der Waals surface area contributed by atoms with Gasteiger partial charge in [-0.3, -0.25) is 4.79 Å². The summed E-state index contributed by atoms with van der Waals surface area (Å²) in [5, 5.41) is 0.191. The van der Waals surface area contributed by atoms with Crippen molar-refractivity contribution in [2.75, 3.05) is 6.61 Å². The molecule has 168 valence electrons. The normalized spacial score (nSPS) is 31.6. The zero-order valence-electron chi connectivity index (χ0n) is 20.6. The number of hydrogen-bond donors (Lipinski definition) is 0. The largest absolute Gasteiger partial charge is 0.466 e. The highest BCUT2D eigenvalue weighted by molar-refractivity contribution is 6.74. The molecule has 0 spiro atoms. The van der Waals surface area contributed by atoms with Crippen molar-refractivity contribution in [3.63, 3.8) is 0 Å². The van der Waals surface area contributed by atoms with Crippen LogP contribution in [0.4, 0.5) is 0 Å².